The first-order chi connectivity index (χ1) is 17.1. The maximum absolute atomic E-state index is 13.5. The van der Waals surface area contributed by atoms with Gasteiger partial charge in [0, 0.05) is 25.0 Å². The monoisotopic (exact) mass is 501 g/mol. The number of carbonyl (C=O) groups excluding carboxylic acids is 1. The number of rotatable bonds is 8. The molecule has 5 aliphatic rings. The Morgan fingerprint density at radius 1 is 1.31 bits per heavy atom. The van der Waals surface area contributed by atoms with Crippen LogP contribution in [0.5, 0.6) is 0 Å². The molecular weight excluding hydrogens is 458 g/mol. The van der Waals surface area contributed by atoms with Gasteiger partial charge in [-0.3, -0.25) is 9.69 Å². The number of aldehydes is 1. The molecule has 0 aromatic rings. The molecule has 7 heteroatoms. The third-order valence-corrected chi connectivity index (χ3v) is 10.7. The topological polar surface area (TPSA) is 96.3 Å². The maximum atomic E-state index is 13.5. The normalized spacial score (nSPS) is 47.9. The van der Waals surface area contributed by atoms with Gasteiger partial charge in [0.1, 0.15) is 17.8 Å². The van der Waals surface area contributed by atoms with Gasteiger partial charge in [-0.05, 0) is 55.8 Å². The molecule has 7 nitrogen and oxygen atoms in total. The summed E-state index contributed by atoms with van der Waals surface area (Å²) in [6, 6.07) is 0. The molecule has 0 spiro atoms. The third-order valence-electron chi connectivity index (χ3n) is 10.7. The number of nitrogens with zero attached hydrogens (tertiary/aromatic N) is 1. The minimum Gasteiger partial charge on any atom is -0.481 e. The van der Waals surface area contributed by atoms with E-state index < -0.39 is 34.6 Å². The lowest BCUT2D eigenvalue weighted by molar-refractivity contribution is -0.235. The van der Waals surface area contributed by atoms with Gasteiger partial charge in [-0.25, -0.2) is 0 Å². The lowest BCUT2D eigenvalue weighted by Gasteiger charge is -2.58. The van der Waals surface area contributed by atoms with Crippen molar-refractivity contribution < 1.29 is 29.3 Å². The van der Waals surface area contributed by atoms with Crippen molar-refractivity contribution in [3.63, 3.8) is 0 Å². The largest absolute Gasteiger partial charge is 0.481 e. The number of carboxylic acid groups (broad SMARTS) is 1. The van der Waals surface area contributed by atoms with Gasteiger partial charge in [-0.15, -0.1) is 6.58 Å². The number of aliphatic carboxylic acids is 1. The van der Waals surface area contributed by atoms with E-state index in [0.29, 0.717) is 37.9 Å². The third kappa shape index (κ3) is 3.25. The lowest BCUT2D eigenvalue weighted by Crippen LogP contribution is -2.63. The molecular formula is C29H43NO6. The molecule has 36 heavy (non-hydrogen) atoms. The zero-order valence-corrected chi connectivity index (χ0v) is 22.2. The van der Waals surface area contributed by atoms with Gasteiger partial charge >= 0.3 is 5.97 Å². The number of allylic oxidation sites excluding steroid dienone is 1. The summed E-state index contributed by atoms with van der Waals surface area (Å²) >= 11 is 0. The van der Waals surface area contributed by atoms with Crippen LogP contribution in [-0.2, 0) is 19.1 Å². The van der Waals surface area contributed by atoms with Crippen LogP contribution in [0.2, 0.25) is 0 Å². The van der Waals surface area contributed by atoms with Crippen LogP contribution in [0.25, 0.3) is 0 Å². The van der Waals surface area contributed by atoms with Crippen molar-refractivity contribution in [2.75, 3.05) is 26.2 Å². The Balaban J connectivity index is 1.54. The van der Waals surface area contributed by atoms with Gasteiger partial charge in [0.15, 0.2) is 6.29 Å². The van der Waals surface area contributed by atoms with Crippen LogP contribution in [0.4, 0.5) is 0 Å². The summed E-state index contributed by atoms with van der Waals surface area (Å²) < 4.78 is 12.6. The summed E-state index contributed by atoms with van der Waals surface area (Å²) in [5, 5.41) is 22.1. The smallest absolute Gasteiger partial charge is 0.315 e. The minimum absolute atomic E-state index is 0.0210. The van der Waals surface area contributed by atoms with Crippen molar-refractivity contribution in [2.45, 2.75) is 71.9 Å². The van der Waals surface area contributed by atoms with Crippen molar-refractivity contribution in [2.24, 2.45) is 45.8 Å². The second-order valence-corrected chi connectivity index (χ2v) is 12.7. The summed E-state index contributed by atoms with van der Waals surface area (Å²) in [5.74, 6) is -0.0533. The second kappa shape index (κ2) is 9.04. The van der Waals surface area contributed by atoms with E-state index in [0.717, 1.165) is 31.1 Å². The summed E-state index contributed by atoms with van der Waals surface area (Å²) in [7, 11) is 0. The quantitative estimate of drug-likeness (QED) is 0.388. The fourth-order valence-corrected chi connectivity index (χ4v) is 9.50. The van der Waals surface area contributed by atoms with Gasteiger partial charge in [0.25, 0.3) is 0 Å². The van der Waals surface area contributed by atoms with E-state index in [1.54, 1.807) is 0 Å². The molecule has 3 unspecified atom stereocenters. The highest BCUT2D eigenvalue weighted by molar-refractivity contribution is 5.90. The molecule has 4 aliphatic carbocycles. The number of ether oxygens (including phenoxy) is 2. The first-order valence-corrected chi connectivity index (χ1v) is 13.8. The lowest BCUT2D eigenvalue weighted by atomic mass is 9.43. The summed E-state index contributed by atoms with van der Waals surface area (Å²) in [4.78, 5) is 28.8. The average molecular weight is 502 g/mol. The zero-order chi connectivity index (χ0) is 26.0. The number of hydrogen-bond donors (Lipinski definition) is 2. The summed E-state index contributed by atoms with van der Waals surface area (Å²) in [6.45, 7) is 14.0. The molecule has 200 valence electrons. The minimum atomic E-state index is -1.28. The number of hydrogen-bond acceptors (Lipinski definition) is 6. The Morgan fingerprint density at radius 2 is 2.06 bits per heavy atom. The molecule has 0 radical (unpaired) electrons. The molecule has 10 atom stereocenters. The van der Waals surface area contributed by atoms with Crippen LogP contribution < -0.4 is 0 Å². The van der Waals surface area contributed by atoms with E-state index in [4.69, 9.17) is 9.47 Å². The van der Waals surface area contributed by atoms with E-state index >= 15 is 0 Å². The fourth-order valence-electron chi connectivity index (χ4n) is 9.50. The molecule has 1 heterocycles. The first-order valence-electron chi connectivity index (χ1n) is 13.8. The second-order valence-electron chi connectivity index (χ2n) is 12.7. The van der Waals surface area contributed by atoms with E-state index in [9.17, 15) is 19.8 Å². The van der Waals surface area contributed by atoms with Crippen LogP contribution in [-0.4, -0.2) is 72.1 Å². The number of aliphatic hydroxyl groups is 1. The molecule has 0 aromatic carbocycles. The van der Waals surface area contributed by atoms with E-state index in [1.165, 1.54) is 0 Å². The number of β-amino-alcohol motifs (C(OH)–C–C–N with tert-alkyl or cyclic N) is 1. The molecule has 0 aromatic heterocycles. The predicted molar refractivity (Wildman–Crippen MR) is 135 cm³/mol. The highest BCUT2D eigenvalue weighted by Crippen LogP contribution is 2.82. The number of carbonyl (C=O) groups is 2. The number of carboxylic acids is 1. The van der Waals surface area contributed by atoms with E-state index in [1.807, 2.05) is 26.8 Å². The van der Waals surface area contributed by atoms with E-state index in [2.05, 4.69) is 24.5 Å². The van der Waals surface area contributed by atoms with Gasteiger partial charge in [-0.1, -0.05) is 44.9 Å². The van der Waals surface area contributed by atoms with Crippen LogP contribution >= 0.6 is 0 Å². The van der Waals surface area contributed by atoms with Gasteiger partial charge < -0.3 is 24.5 Å². The van der Waals surface area contributed by atoms with Crippen LogP contribution in [0.15, 0.2) is 24.3 Å². The zero-order valence-electron chi connectivity index (χ0n) is 22.2. The molecule has 0 amide bonds. The Hall–Kier alpha value is -1.54. The Labute approximate surface area is 214 Å². The molecule has 3 saturated carbocycles. The number of aliphatic hydroxyl groups excluding tert-OH is 1. The molecule has 2 N–H and O–H groups in total. The average Bonchev–Trinajstić information content (AvgIpc) is 3.34. The van der Waals surface area contributed by atoms with Crippen molar-refractivity contribution >= 4 is 12.3 Å². The van der Waals surface area contributed by atoms with Crippen molar-refractivity contribution in [3.8, 4) is 0 Å². The SMILES string of the molecule is C=CCN1C[C@@H](C)O[C@@H](OCC23C[C@@H]4[C@H](C)CC[C@H]4C4(C=O)CC2C=C(C(C)C)[C@@]34C(=O)O)[C@@H](O)C1. The van der Waals surface area contributed by atoms with Gasteiger partial charge in [-0.2, -0.15) is 0 Å². The molecule has 4 fully saturated rings. The number of fused-ring (bicyclic) bond motifs is 2. The summed E-state index contributed by atoms with van der Waals surface area (Å²) in [6.07, 6.45) is 6.42. The van der Waals surface area contributed by atoms with Crippen LogP contribution in [0, 0.1) is 45.8 Å². The highest BCUT2D eigenvalue weighted by Gasteiger charge is 2.84. The standard InChI is InChI=1S/C29H43NO6/c1-6-9-30-13-19(5)36-25(24(32)14-30)35-16-28-12-21-18(4)7-8-22(21)27(15-31)11-20(28)10-23(17(2)3)29(27,28)26(33)34/h6,10,15,17-22,24-25,32H,1,7-9,11-14,16H2,2-5H3,(H,33,34)/t18-,19-,20?,21-,22-,24+,25-,27?,28?,29+/m1/s1. The Morgan fingerprint density at radius 3 is 2.69 bits per heavy atom. The van der Waals surface area contributed by atoms with Crippen LogP contribution in [0.1, 0.15) is 53.4 Å². The molecule has 1 saturated heterocycles. The van der Waals surface area contributed by atoms with Crippen LogP contribution in [0.3, 0.4) is 0 Å². The summed E-state index contributed by atoms with van der Waals surface area (Å²) in [5.41, 5.74) is -2.01. The molecule has 5 rings (SSSR count). The Bertz CT molecular complexity index is 948. The fraction of sp³-hybridized carbons (Fsp3) is 0.793. The predicted octanol–water partition coefficient (Wildman–Crippen LogP) is 3.52. The molecule has 1 aliphatic heterocycles. The van der Waals surface area contributed by atoms with Crippen molar-refractivity contribution in [1.29, 1.82) is 0 Å². The van der Waals surface area contributed by atoms with Crippen molar-refractivity contribution in [3.05, 3.63) is 24.3 Å². The molecule has 4 bridgehead atoms. The highest BCUT2D eigenvalue weighted by atomic mass is 16.7. The maximum Gasteiger partial charge on any atom is 0.315 e. The van der Waals surface area contributed by atoms with E-state index in [-0.39, 0.29) is 30.5 Å². The van der Waals surface area contributed by atoms with Crippen molar-refractivity contribution in [1.82, 2.24) is 4.90 Å². The van der Waals surface area contributed by atoms with Gasteiger partial charge in [0.05, 0.1) is 18.1 Å². The van der Waals surface area contributed by atoms with Gasteiger partial charge in [0.2, 0.25) is 0 Å². The first kappa shape index (κ1) is 26.1. The Kier molecular flexibility index (Phi) is 6.55.